The summed E-state index contributed by atoms with van der Waals surface area (Å²) in [5.74, 6) is 0.856. The molecule has 2 unspecified atom stereocenters. The molecule has 178 valence electrons. The molecule has 4 rings (SSSR count). The molecule has 1 aliphatic rings. The molecule has 34 heavy (non-hydrogen) atoms. The molecule has 0 aliphatic carbocycles. The first kappa shape index (κ1) is 23.7. The topological polar surface area (TPSA) is 63.7 Å². The number of hydrogen-bond acceptors (Lipinski definition) is 5. The van der Waals surface area contributed by atoms with Crippen molar-refractivity contribution in [3.05, 3.63) is 89.5 Å². The van der Waals surface area contributed by atoms with Crippen LogP contribution in [-0.4, -0.2) is 43.1 Å². The van der Waals surface area contributed by atoms with Gasteiger partial charge in [-0.2, -0.15) is 0 Å². The van der Waals surface area contributed by atoms with Crippen LogP contribution < -0.4 is 14.8 Å². The first-order chi connectivity index (χ1) is 16.6. The molecular formula is C27H30FN3O3. The SMILES string of the molecule is COc1ccc(CN2CCCC(C(NC(=O)c3cccc(F)c3)c3ccccn3)C2)cc1OC. The largest absolute Gasteiger partial charge is 0.493 e. The summed E-state index contributed by atoms with van der Waals surface area (Å²) < 4.78 is 24.5. The number of halogens is 1. The standard InChI is InChI=1S/C27H30FN3O3/c1-33-24-12-11-19(15-25(24)34-2)17-31-14-6-8-21(18-31)26(23-10-3-4-13-29-23)30-27(32)20-7-5-9-22(28)16-20/h3-5,7,9-13,15-16,21,26H,6,8,14,17-18H2,1-2H3,(H,30,32). The first-order valence-electron chi connectivity index (χ1n) is 11.5. The molecule has 6 nitrogen and oxygen atoms in total. The van der Waals surface area contributed by atoms with Crippen LogP contribution in [-0.2, 0) is 6.54 Å². The first-order valence-corrected chi connectivity index (χ1v) is 11.5. The summed E-state index contributed by atoms with van der Waals surface area (Å²) >= 11 is 0. The second-order valence-corrected chi connectivity index (χ2v) is 8.54. The van der Waals surface area contributed by atoms with Crippen molar-refractivity contribution < 1.29 is 18.7 Å². The minimum atomic E-state index is -0.430. The minimum Gasteiger partial charge on any atom is -0.493 e. The van der Waals surface area contributed by atoms with Crippen molar-refractivity contribution in [2.24, 2.45) is 5.92 Å². The average molecular weight is 464 g/mol. The summed E-state index contributed by atoms with van der Waals surface area (Å²) in [6.45, 7) is 2.54. The molecular weight excluding hydrogens is 433 g/mol. The lowest BCUT2D eigenvalue weighted by molar-refractivity contribution is 0.0874. The van der Waals surface area contributed by atoms with Gasteiger partial charge < -0.3 is 14.8 Å². The van der Waals surface area contributed by atoms with Crippen LogP contribution in [0.3, 0.4) is 0 Å². The van der Waals surface area contributed by atoms with Gasteiger partial charge in [0.2, 0.25) is 0 Å². The van der Waals surface area contributed by atoms with E-state index in [9.17, 15) is 9.18 Å². The number of nitrogens with one attached hydrogen (secondary N) is 1. The Balaban J connectivity index is 1.52. The van der Waals surface area contributed by atoms with Crippen molar-refractivity contribution in [2.45, 2.75) is 25.4 Å². The Morgan fingerprint density at radius 1 is 1.12 bits per heavy atom. The molecule has 1 aliphatic heterocycles. The number of likely N-dealkylation sites (tertiary alicyclic amines) is 1. The van der Waals surface area contributed by atoms with Gasteiger partial charge >= 0.3 is 0 Å². The lowest BCUT2D eigenvalue weighted by atomic mass is 9.88. The fourth-order valence-electron chi connectivity index (χ4n) is 4.59. The fourth-order valence-corrected chi connectivity index (χ4v) is 4.59. The third kappa shape index (κ3) is 5.72. The number of amides is 1. The Hall–Kier alpha value is -3.45. The zero-order valence-corrected chi connectivity index (χ0v) is 19.5. The highest BCUT2D eigenvalue weighted by Gasteiger charge is 2.31. The van der Waals surface area contributed by atoms with Crippen molar-refractivity contribution >= 4 is 5.91 Å². The summed E-state index contributed by atoms with van der Waals surface area (Å²) in [7, 11) is 3.26. The second kappa shape index (κ2) is 11.1. The third-order valence-corrected chi connectivity index (χ3v) is 6.25. The molecule has 2 aromatic carbocycles. The highest BCUT2D eigenvalue weighted by Crippen LogP contribution is 2.32. The number of piperidine rings is 1. The molecule has 2 atom stereocenters. The fraction of sp³-hybridized carbons (Fsp3) is 0.333. The van der Waals surface area contributed by atoms with Crippen LogP contribution >= 0.6 is 0 Å². The van der Waals surface area contributed by atoms with Crippen molar-refractivity contribution in [1.29, 1.82) is 0 Å². The summed E-state index contributed by atoms with van der Waals surface area (Å²) in [4.78, 5) is 19.9. The maximum Gasteiger partial charge on any atom is 0.251 e. The number of carbonyl (C=O) groups is 1. The highest BCUT2D eigenvalue weighted by atomic mass is 19.1. The van der Waals surface area contributed by atoms with E-state index in [-0.39, 0.29) is 17.9 Å². The van der Waals surface area contributed by atoms with E-state index in [0.29, 0.717) is 17.1 Å². The second-order valence-electron chi connectivity index (χ2n) is 8.54. The van der Waals surface area contributed by atoms with Gasteiger partial charge in [-0.3, -0.25) is 14.7 Å². The van der Waals surface area contributed by atoms with Gasteiger partial charge in [-0.05, 0) is 73.3 Å². The molecule has 2 heterocycles. The van der Waals surface area contributed by atoms with Crippen LogP contribution in [0.4, 0.5) is 4.39 Å². The molecule has 0 bridgehead atoms. The number of aromatic nitrogens is 1. The summed E-state index contributed by atoms with van der Waals surface area (Å²) in [6.07, 6.45) is 3.71. The van der Waals surface area contributed by atoms with Gasteiger partial charge in [0.1, 0.15) is 5.82 Å². The van der Waals surface area contributed by atoms with E-state index < -0.39 is 5.82 Å². The van der Waals surface area contributed by atoms with E-state index in [1.165, 1.54) is 12.1 Å². The van der Waals surface area contributed by atoms with E-state index >= 15 is 0 Å². The quantitative estimate of drug-likeness (QED) is 0.528. The average Bonchev–Trinajstić information content (AvgIpc) is 2.87. The number of rotatable bonds is 8. The van der Waals surface area contributed by atoms with E-state index in [4.69, 9.17) is 9.47 Å². The number of benzene rings is 2. The molecule has 1 N–H and O–H groups in total. The number of pyridine rings is 1. The van der Waals surface area contributed by atoms with Gasteiger partial charge in [0, 0.05) is 24.8 Å². The van der Waals surface area contributed by atoms with E-state index in [1.807, 2.05) is 36.4 Å². The lowest BCUT2D eigenvalue weighted by Crippen LogP contribution is -2.43. The number of carbonyl (C=O) groups excluding carboxylic acids is 1. The van der Waals surface area contributed by atoms with Gasteiger partial charge in [-0.15, -0.1) is 0 Å². The predicted octanol–water partition coefficient (Wildman–Crippen LogP) is 4.62. The Morgan fingerprint density at radius 3 is 2.71 bits per heavy atom. The Bertz CT molecular complexity index is 1110. The monoisotopic (exact) mass is 463 g/mol. The summed E-state index contributed by atoms with van der Waals surface area (Å²) in [6, 6.07) is 17.2. The number of ether oxygens (including phenoxy) is 2. The van der Waals surface area contributed by atoms with Crippen molar-refractivity contribution in [2.75, 3.05) is 27.3 Å². The van der Waals surface area contributed by atoms with Gasteiger partial charge in [-0.25, -0.2) is 4.39 Å². The van der Waals surface area contributed by atoms with Crippen molar-refractivity contribution in [3.8, 4) is 11.5 Å². The van der Waals surface area contributed by atoms with Gasteiger partial charge in [0.05, 0.1) is 26.0 Å². The molecule has 0 radical (unpaired) electrons. The molecule has 1 saturated heterocycles. The Kier molecular flexibility index (Phi) is 7.75. The Morgan fingerprint density at radius 2 is 1.97 bits per heavy atom. The molecule has 0 saturated carbocycles. The molecule has 1 fully saturated rings. The molecule has 0 spiro atoms. The minimum absolute atomic E-state index is 0.168. The normalized spacial score (nSPS) is 17.1. The molecule has 1 amide bonds. The maximum atomic E-state index is 13.7. The van der Waals surface area contributed by atoms with Gasteiger partial charge in [0.15, 0.2) is 11.5 Å². The molecule has 1 aromatic heterocycles. The van der Waals surface area contributed by atoms with E-state index in [1.54, 1.807) is 32.5 Å². The van der Waals surface area contributed by atoms with Crippen molar-refractivity contribution in [1.82, 2.24) is 15.2 Å². The number of methoxy groups -OCH3 is 2. The smallest absolute Gasteiger partial charge is 0.251 e. The van der Waals surface area contributed by atoms with E-state index in [0.717, 1.165) is 43.7 Å². The zero-order chi connectivity index (χ0) is 23.9. The molecule has 7 heteroatoms. The third-order valence-electron chi connectivity index (χ3n) is 6.25. The Labute approximate surface area is 199 Å². The lowest BCUT2D eigenvalue weighted by Gasteiger charge is -2.37. The van der Waals surface area contributed by atoms with Crippen LogP contribution in [0.15, 0.2) is 66.9 Å². The maximum absolute atomic E-state index is 13.7. The van der Waals surface area contributed by atoms with Gasteiger partial charge in [0.25, 0.3) is 5.91 Å². The highest BCUT2D eigenvalue weighted by molar-refractivity contribution is 5.94. The van der Waals surface area contributed by atoms with Crippen LogP contribution in [0.2, 0.25) is 0 Å². The molecule has 3 aromatic rings. The predicted molar refractivity (Wildman–Crippen MR) is 128 cm³/mol. The van der Waals surface area contributed by atoms with Crippen LogP contribution in [0.25, 0.3) is 0 Å². The van der Waals surface area contributed by atoms with Gasteiger partial charge in [-0.1, -0.05) is 18.2 Å². The summed E-state index contributed by atoms with van der Waals surface area (Å²) in [5.41, 5.74) is 2.25. The number of hydrogen-bond donors (Lipinski definition) is 1. The van der Waals surface area contributed by atoms with Crippen molar-refractivity contribution in [3.63, 3.8) is 0 Å². The van der Waals surface area contributed by atoms with E-state index in [2.05, 4.69) is 15.2 Å². The zero-order valence-electron chi connectivity index (χ0n) is 19.5. The summed E-state index contributed by atoms with van der Waals surface area (Å²) in [5, 5.41) is 3.13. The van der Waals surface area contributed by atoms with Crippen LogP contribution in [0.1, 0.15) is 40.5 Å². The van der Waals surface area contributed by atoms with Crippen LogP contribution in [0.5, 0.6) is 11.5 Å². The number of nitrogens with zero attached hydrogens (tertiary/aromatic N) is 2. The van der Waals surface area contributed by atoms with Crippen LogP contribution in [0, 0.1) is 11.7 Å².